The first kappa shape index (κ1) is 12.2. The third kappa shape index (κ3) is 2.58. The molecule has 1 fully saturated rings. The van der Waals surface area contributed by atoms with Crippen LogP contribution < -0.4 is 5.32 Å². The summed E-state index contributed by atoms with van der Waals surface area (Å²) in [6.07, 6.45) is 2.63. The summed E-state index contributed by atoms with van der Waals surface area (Å²) in [6, 6.07) is 9.34. The number of hydrogen-bond donors (Lipinski definition) is 1. The molecule has 0 saturated carbocycles. The van der Waals surface area contributed by atoms with Crippen LogP contribution in [-0.2, 0) is 6.54 Å². The summed E-state index contributed by atoms with van der Waals surface area (Å²) in [4.78, 5) is 2.42. The summed E-state index contributed by atoms with van der Waals surface area (Å²) in [6.45, 7) is 3.43. The quantitative estimate of drug-likeness (QED) is 0.912. The van der Waals surface area contributed by atoms with Gasteiger partial charge in [-0.2, -0.15) is 0 Å². The van der Waals surface area contributed by atoms with Gasteiger partial charge in [0.2, 0.25) is 0 Å². The second-order valence-electron chi connectivity index (χ2n) is 5.24. The standard InChI is InChI=1S/C15H20N2S/c1-17-8-4-5-13(10-17)16-9-12-11-18-15-7-3-2-6-14(12)15/h2-3,6-7,11,13,16H,4-5,8-10H2,1H3. The number of likely N-dealkylation sites (N-methyl/N-ethyl adjacent to an activating group) is 1. The predicted octanol–water partition coefficient (Wildman–Crippen LogP) is 3.09. The van der Waals surface area contributed by atoms with Crippen molar-refractivity contribution >= 4 is 21.4 Å². The van der Waals surface area contributed by atoms with Gasteiger partial charge in [-0.25, -0.2) is 0 Å². The van der Waals surface area contributed by atoms with Crippen molar-refractivity contribution < 1.29 is 0 Å². The van der Waals surface area contributed by atoms with E-state index in [0.29, 0.717) is 6.04 Å². The van der Waals surface area contributed by atoms with Gasteiger partial charge < -0.3 is 10.2 Å². The van der Waals surface area contributed by atoms with E-state index < -0.39 is 0 Å². The van der Waals surface area contributed by atoms with Gasteiger partial charge in [-0.1, -0.05) is 18.2 Å². The van der Waals surface area contributed by atoms with Crippen molar-refractivity contribution in [3.05, 3.63) is 35.2 Å². The van der Waals surface area contributed by atoms with Crippen LogP contribution >= 0.6 is 11.3 Å². The number of benzene rings is 1. The third-order valence-electron chi connectivity index (χ3n) is 3.77. The highest BCUT2D eigenvalue weighted by molar-refractivity contribution is 7.17. The van der Waals surface area contributed by atoms with Gasteiger partial charge in [-0.05, 0) is 48.8 Å². The third-order valence-corrected chi connectivity index (χ3v) is 4.78. The molecule has 0 spiro atoms. The van der Waals surface area contributed by atoms with E-state index in [9.17, 15) is 0 Å². The molecule has 0 amide bonds. The Morgan fingerprint density at radius 1 is 1.39 bits per heavy atom. The molecule has 1 aliphatic rings. The first-order valence-corrected chi connectivity index (χ1v) is 7.58. The molecule has 3 rings (SSSR count). The normalized spacial score (nSPS) is 21.5. The van der Waals surface area contributed by atoms with Gasteiger partial charge in [0.15, 0.2) is 0 Å². The van der Waals surface area contributed by atoms with Crippen LogP contribution in [0.2, 0.25) is 0 Å². The molecule has 0 aliphatic carbocycles. The Bertz CT molecular complexity index is 520. The van der Waals surface area contributed by atoms with Gasteiger partial charge in [0, 0.05) is 23.8 Å². The summed E-state index contributed by atoms with van der Waals surface area (Å²) in [5.74, 6) is 0. The molecular formula is C15H20N2S. The maximum absolute atomic E-state index is 3.71. The molecule has 96 valence electrons. The number of likely N-dealkylation sites (tertiary alicyclic amines) is 1. The molecule has 18 heavy (non-hydrogen) atoms. The zero-order chi connectivity index (χ0) is 12.4. The Hall–Kier alpha value is -0.900. The Kier molecular flexibility index (Phi) is 3.64. The monoisotopic (exact) mass is 260 g/mol. The zero-order valence-electron chi connectivity index (χ0n) is 10.9. The lowest BCUT2D eigenvalue weighted by Gasteiger charge is -2.30. The average Bonchev–Trinajstić information content (AvgIpc) is 2.80. The van der Waals surface area contributed by atoms with Crippen LogP contribution in [0.1, 0.15) is 18.4 Å². The Balaban J connectivity index is 1.66. The van der Waals surface area contributed by atoms with Gasteiger partial charge in [0.05, 0.1) is 0 Å². The van der Waals surface area contributed by atoms with Crippen molar-refractivity contribution in [1.82, 2.24) is 10.2 Å². The highest BCUT2D eigenvalue weighted by Gasteiger charge is 2.16. The van der Waals surface area contributed by atoms with Crippen molar-refractivity contribution in [3.63, 3.8) is 0 Å². The maximum atomic E-state index is 3.71. The number of hydrogen-bond acceptors (Lipinski definition) is 3. The molecule has 0 bridgehead atoms. The van der Waals surface area contributed by atoms with Crippen LogP contribution in [-0.4, -0.2) is 31.1 Å². The number of nitrogens with zero attached hydrogens (tertiary/aromatic N) is 1. The van der Waals surface area contributed by atoms with E-state index in [1.54, 1.807) is 0 Å². The van der Waals surface area contributed by atoms with E-state index in [2.05, 4.69) is 46.9 Å². The van der Waals surface area contributed by atoms with Gasteiger partial charge in [-0.15, -0.1) is 11.3 Å². The summed E-state index contributed by atoms with van der Waals surface area (Å²) in [5.41, 5.74) is 1.45. The molecule has 1 aromatic carbocycles. The van der Waals surface area contributed by atoms with Crippen molar-refractivity contribution in [2.24, 2.45) is 0 Å². The fourth-order valence-electron chi connectivity index (χ4n) is 2.76. The van der Waals surface area contributed by atoms with Gasteiger partial charge in [0.1, 0.15) is 0 Å². The number of fused-ring (bicyclic) bond motifs is 1. The lowest BCUT2D eigenvalue weighted by atomic mass is 10.1. The molecule has 2 nitrogen and oxygen atoms in total. The molecule has 1 saturated heterocycles. The average molecular weight is 260 g/mol. The van der Waals surface area contributed by atoms with E-state index >= 15 is 0 Å². The fraction of sp³-hybridized carbons (Fsp3) is 0.467. The lowest BCUT2D eigenvalue weighted by molar-refractivity contribution is 0.226. The Morgan fingerprint density at radius 2 is 2.28 bits per heavy atom. The summed E-state index contributed by atoms with van der Waals surface area (Å²) >= 11 is 1.85. The first-order valence-electron chi connectivity index (χ1n) is 6.70. The van der Waals surface area contributed by atoms with Crippen molar-refractivity contribution in [3.8, 4) is 0 Å². The van der Waals surface area contributed by atoms with Crippen molar-refractivity contribution in [2.45, 2.75) is 25.4 Å². The van der Waals surface area contributed by atoms with Gasteiger partial charge in [0.25, 0.3) is 0 Å². The highest BCUT2D eigenvalue weighted by Crippen LogP contribution is 2.25. The van der Waals surface area contributed by atoms with Crippen LogP contribution in [0.3, 0.4) is 0 Å². The van der Waals surface area contributed by atoms with Crippen LogP contribution in [0.25, 0.3) is 10.1 Å². The van der Waals surface area contributed by atoms with Crippen molar-refractivity contribution in [2.75, 3.05) is 20.1 Å². The van der Waals surface area contributed by atoms with Crippen molar-refractivity contribution in [1.29, 1.82) is 0 Å². The molecule has 0 radical (unpaired) electrons. The number of thiophene rings is 1. The highest BCUT2D eigenvalue weighted by atomic mass is 32.1. The van der Waals surface area contributed by atoms with E-state index in [1.165, 1.54) is 41.6 Å². The molecule has 2 aromatic rings. The second kappa shape index (κ2) is 5.39. The SMILES string of the molecule is CN1CCCC(NCc2csc3ccccc23)C1. The molecule has 2 heterocycles. The Labute approximate surface area is 113 Å². The number of nitrogens with one attached hydrogen (secondary N) is 1. The molecule has 3 heteroatoms. The van der Waals surface area contributed by atoms with Crippen LogP contribution in [0.5, 0.6) is 0 Å². The fourth-order valence-corrected chi connectivity index (χ4v) is 3.72. The molecule has 1 aliphatic heterocycles. The van der Waals surface area contributed by atoms with Crippen LogP contribution in [0, 0.1) is 0 Å². The van der Waals surface area contributed by atoms with Gasteiger partial charge >= 0.3 is 0 Å². The van der Waals surface area contributed by atoms with E-state index in [-0.39, 0.29) is 0 Å². The summed E-state index contributed by atoms with van der Waals surface area (Å²) < 4.78 is 1.40. The Morgan fingerprint density at radius 3 is 3.17 bits per heavy atom. The smallest absolute Gasteiger partial charge is 0.0346 e. The second-order valence-corrected chi connectivity index (χ2v) is 6.15. The van der Waals surface area contributed by atoms with E-state index in [4.69, 9.17) is 0 Å². The molecular weight excluding hydrogens is 240 g/mol. The maximum Gasteiger partial charge on any atom is 0.0346 e. The zero-order valence-corrected chi connectivity index (χ0v) is 11.7. The minimum Gasteiger partial charge on any atom is -0.309 e. The van der Waals surface area contributed by atoms with E-state index in [1.807, 2.05) is 11.3 Å². The summed E-state index contributed by atoms with van der Waals surface area (Å²) in [5, 5.41) is 7.42. The molecule has 1 N–H and O–H groups in total. The lowest BCUT2D eigenvalue weighted by Crippen LogP contribution is -2.43. The van der Waals surface area contributed by atoms with E-state index in [0.717, 1.165) is 6.54 Å². The predicted molar refractivity (Wildman–Crippen MR) is 79.2 cm³/mol. The van der Waals surface area contributed by atoms with Crippen LogP contribution in [0.4, 0.5) is 0 Å². The minimum absolute atomic E-state index is 0.655. The largest absolute Gasteiger partial charge is 0.309 e. The topological polar surface area (TPSA) is 15.3 Å². The number of piperidine rings is 1. The first-order chi connectivity index (χ1) is 8.83. The number of rotatable bonds is 3. The molecule has 1 unspecified atom stereocenters. The molecule has 1 atom stereocenters. The van der Waals surface area contributed by atoms with Gasteiger partial charge in [-0.3, -0.25) is 0 Å². The molecule has 1 aromatic heterocycles. The minimum atomic E-state index is 0.655. The summed E-state index contributed by atoms with van der Waals surface area (Å²) in [7, 11) is 2.22. The van der Waals surface area contributed by atoms with Crippen LogP contribution in [0.15, 0.2) is 29.6 Å².